The second-order valence-electron chi connectivity index (χ2n) is 21.1. The van der Waals surface area contributed by atoms with Gasteiger partial charge in [-0.2, -0.15) is 0 Å². The lowest BCUT2D eigenvalue weighted by Gasteiger charge is -2.55. The molecule has 1 fully saturated rings. The van der Waals surface area contributed by atoms with Crippen molar-refractivity contribution in [3.63, 3.8) is 0 Å². The topological polar surface area (TPSA) is 6.48 Å². The monoisotopic (exact) mass is 807 g/mol. The number of anilines is 1. The average molecular weight is 807 g/mol. The van der Waals surface area contributed by atoms with E-state index in [1.807, 2.05) is 5.57 Å². The fraction of sp³-hybridized carbons (Fsp3) is 0.492. The summed E-state index contributed by atoms with van der Waals surface area (Å²) in [5.74, 6) is 3.10. The van der Waals surface area contributed by atoms with Gasteiger partial charge in [0.15, 0.2) is 0 Å². The van der Waals surface area contributed by atoms with Gasteiger partial charge in [0, 0.05) is 34.7 Å². The highest BCUT2D eigenvalue weighted by Crippen LogP contribution is 2.58. The van der Waals surface area contributed by atoms with E-state index in [-0.39, 0.29) is 5.41 Å². The Morgan fingerprint density at radius 3 is 2.46 bits per heavy atom. The zero-order valence-corrected chi connectivity index (χ0v) is 37.3. The van der Waals surface area contributed by atoms with E-state index in [1.54, 1.807) is 45.0 Å². The van der Waals surface area contributed by atoms with E-state index < -0.39 is 0 Å². The third kappa shape index (κ3) is 7.67. The summed E-state index contributed by atoms with van der Waals surface area (Å²) < 4.78 is 0. The summed E-state index contributed by atoms with van der Waals surface area (Å²) in [5.41, 5.74) is 17.8. The molecule has 0 aliphatic heterocycles. The third-order valence-electron chi connectivity index (χ3n) is 17.1. The highest BCUT2D eigenvalue weighted by molar-refractivity contribution is 5.56. The molecule has 2 nitrogen and oxygen atoms in total. The minimum Gasteiger partial charge on any atom is -0.362 e. The Kier molecular flexibility index (Phi) is 10.9. The van der Waals surface area contributed by atoms with Crippen LogP contribution in [0.1, 0.15) is 147 Å². The quantitative estimate of drug-likeness (QED) is 0.242. The lowest BCUT2D eigenvalue weighted by molar-refractivity contribution is 0.139. The van der Waals surface area contributed by atoms with Crippen molar-refractivity contribution in [1.29, 1.82) is 0 Å². The number of benzene rings is 1. The van der Waals surface area contributed by atoms with Gasteiger partial charge >= 0.3 is 0 Å². The molecule has 7 unspecified atom stereocenters. The van der Waals surface area contributed by atoms with Crippen molar-refractivity contribution in [1.82, 2.24) is 4.90 Å². The first kappa shape index (κ1) is 39.5. The van der Waals surface area contributed by atoms with Crippen LogP contribution >= 0.6 is 0 Å². The van der Waals surface area contributed by atoms with E-state index in [2.05, 4.69) is 139 Å². The highest BCUT2D eigenvalue weighted by atomic mass is 15.2. The maximum Gasteiger partial charge on any atom is 0.0519 e. The Morgan fingerprint density at radius 2 is 1.62 bits per heavy atom. The van der Waals surface area contributed by atoms with Gasteiger partial charge in [-0.05, 0) is 203 Å². The lowest BCUT2D eigenvalue weighted by Crippen LogP contribution is -2.51. The van der Waals surface area contributed by atoms with Crippen molar-refractivity contribution >= 4 is 5.69 Å². The van der Waals surface area contributed by atoms with Gasteiger partial charge in [-0.3, -0.25) is 0 Å². The lowest BCUT2D eigenvalue weighted by atomic mass is 9.55. The van der Waals surface area contributed by atoms with Crippen LogP contribution in [-0.2, 0) is 0 Å². The second-order valence-corrected chi connectivity index (χ2v) is 21.1. The molecule has 0 spiro atoms. The van der Waals surface area contributed by atoms with Crippen LogP contribution in [0, 0.1) is 29.1 Å². The Morgan fingerprint density at radius 1 is 0.689 bits per heavy atom. The summed E-state index contributed by atoms with van der Waals surface area (Å²) in [6.45, 7) is 5.25. The van der Waals surface area contributed by atoms with Crippen LogP contribution in [0.3, 0.4) is 0 Å². The van der Waals surface area contributed by atoms with Crippen molar-refractivity contribution in [3.05, 3.63) is 171 Å². The average Bonchev–Trinajstić information content (AvgIpc) is 3.31. The maximum atomic E-state index is 2.93. The first-order valence-corrected chi connectivity index (χ1v) is 25.0. The van der Waals surface area contributed by atoms with Crippen molar-refractivity contribution in [3.8, 4) is 0 Å². The first-order valence-electron chi connectivity index (χ1n) is 25.0. The van der Waals surface area contributed by atoms with Crippen LogP contribution in [0.5, 0.6) is 0 Å². The van der Waals surface area contributed by atoms with Crippen LogP contribution in [-0.4, -0.2) is 17.0 Å². The van der Waals surface area contributed by atoms with Crippen molar-refractivity contribution in [2.45, 2.75) is 154 Å². The minimum atomic E-state index is 0.281. The number of fused-ring (bicyclic) bond motifs is 1. The first-order chi connectivity index (χ1) is 30.0. The predicted octanol–water partition coefficient (Wildman–Crippen LogP) is 15.5. The van der Waals surface area contributed by atoms with E-state index in [9.17, 15) is 0 Å². The number of rotatable bonds is 8. The van der Waals surface area contributed by atoms with Gasteiger partial charge in [0.2, 0.25) is 0 Å². The summed E-state index contributed by atoms with van der Waals surface area (Å²) in [7, 11) is 0. The molecule has 7 atom stereocenters. The van der Waals surface area contributed by atoms with E-state index in [0.717, 1.165) is 25.2 Å². The zero-order chi connectivity index (χ0) is 40.9. The Labute approximate surface area is 368 Å². The second kappa shape index (κ2) is 16.8. The maximum absolute atomic E-state index is 2.93. The molecular formula is C59H70N2. The van der Waals surface area contributed by atoms with Gasteiger partial charge < -0.3 is 9.80 Å². The molecule has 0 N–H and O–H groups in total. The smallest absolute Gasteiger partial charge is 0.0519 e. The molecule has 0 saturated heterocycles. The molecule has 61 heavy (non-hydrogen) atoms. The predicted molar refractivity (Wildman–Crippen MR) is 257 cm³/mol. The molecular weight excluding hydrogens is 737 g/mol. The molecule has 0 aromatic heterocycles. The van der Waals surface area contributed by atoms with Gasteiger partial charge in [-0.1, -0.05) is 117 Å². The number of nitrogens with zero attached hydrogens (tertiary/aromatic N) is 2. The third-order valence-corrected chi connectivity index (χ3v) is 17.1. The molecule has 0 amide bonds. The molecule has 316 valence electrons. The Balaban J connectivity index is 0.949. The van der Waals surface area contributed by atoms with Gasteiger partial charge in [-0.15, -0.1) is 0 Å². The fourth-order valence-corrected chi connectivity index (χ4v) is 13.7. The molecule has 10 aliphatic rings. The van der Waals surface area contributed by atoms with Gasteiger partial charge in [0.05, 0.1) is 6.04 Å². The van der Waals surface area contributed by atoms with Gasteiger partial charge in [0.1, 0.15) is 0 Å². The van der Waals surface area contributed by atoms with Crippen molar-refractivity contribution < 1.29 is 0 Å². The van der Waals surface area contributed by atoms with Crippen LogP contribution in [0.25, 0.3) is 0 Å². The molecule has 0 radical (unpaired) electrons. The Hall–Kier alpha value is -4.30. The summed E-state index contributed by atoms with van der Waals surface area (Å²) in [4.78, 5) is 5.79. The van der Waals surface area contributed by atoms with E-state index in [0.29, 0.717) is 35.8 Å². The summed E-state index contributed by atoms with van der Waals surface area (Å²) in [6, 6.07) is 10.8. The molecule has 11 rings (SSSR count). The van der Waals surface area contributed by atoms with Crippen LogP contribution in [0.15, 0.2) is 166 Å². The highest BCUT2D eigenvalue weighted by Gasteiger charge is 2.49. The molecule has 1 saturated carbocycles. The SMILES string of the molecule is CC1(C)CCC2=C3C(CC=C2N(C2=CC=C(C4=CCCCC4)CC2)C2=CC4C=CCCC4CC2)CC(N(c2ccc(C4C=CC=CC4)cc2)C2C=CC4=C(C=CCC4)C2)CC31. The number of hydrogen-bond acceptors (Lipinski definition) is 2. The van der Waals surface area contributed by atoms with Crippen LogP contribution in [0.4, 0.5) is 5.69 Å². The van der Waals surface area contributed by atoms with Gasteiger partial charge in [0.25, 0.3) is 0 Å². The van der Waals surface area contributed by atoms with E-state index in [1.165, 1.54) is 114 Å². The van der Waals surface area contributed by atoms with Crippen LogP contribution in [0.2, 0.25) is 0 Å². The minimum absolute atomic E-state index is 0.281. The summed E-state index contributed by atoms with van der Waals surface area (Å²) >= 11 is 0. The van der Waals surface area contributed by atoms with Crippen molar-refractivity contribution in [2.24, 2.45) is 29.1 Å². The molecule has 0 bridgehead atoms. The number of allylic oxidation sites excluding steroid dienone is 21. The van der Waals surface area contributed by atoms with Crippen LogP contribution < -0.4 is 4.90 Å². The van der Waals surface area contributed by atoms with Crippen molar-refractivity contribution in [2.75, 3.05) is 4.90 Å². The normalized spacial score (nSPS) is 32.5. The molecule has 1 aromatic carbocycles. The van der Waals surface area contributed by atoms with E-state index >= 15 is 0 Å². The number of hydrogen-bond donors (Lipinski definition) is 0. The standard InChI is InChI=1S/C59H70N2/c1-59(2)36-35-55-57(61(53-33-26-44-18-10-12-20-48(44)38-53)51-30-23-46(24-31-51)42-15-7-4-8-16-42)34-27-49-39-54(40-56(59)58(49)55)60(52-32-25-43-17-9-11-19-47(43)37-52)50-28-21-45(22-29-50)41-13-5-3-6-14-41/h3,5-6,11-13,15,19-23,25,28-30,32,34,38,41,44,48-49,52,54,56H,4,7-10,14,16-18,24,26-27,31,33,35-37,39-40H2,1-2H3. The Bertz CT molecular complexity index is 2270. The summed E-state index contributed by atoms with van der Waals surface area (Å²) in [6.07, 6.45) is 60.7. The molecule has 0 heterocycles. The molecule has 1 aromatic rings. The molecule has 10 aliphatic carbocycles. The zero-order valence-electron chi connectivity index (χ0n) is 37.3. The fourth-order valence-electron chi connectivity index (χ4n) is 13.7. The molecule has 2 heteroatoms. The van der Waals surface area contributed by atoms with Gasteiger partial charge in [-0.25, -0.2) is 0 Å². The largest absolute Gasteiger partial charge is 0.362 e. The summed E-state index contributed by atoms with van der Waals surface area (Å²) in [5, 5.41) is 0. The van der Waals surface area contributed by atoms with E-state index in [4.69, 9.17) is 0 Å².